The quantitative estimate of drug-likeness (QED) is 0.530. The standard InChI is InChI=1S/C17H14FNS/c1-11(2)15-8-14(9-16(18)17(15)19-10-20)13-6-4-12(3)5-7-13/h4-9H,1H2,2-3H3. The van der Waals surface area contributed by atoms with Crippen LogP contribution in [0.2, 0.25) is 0 Å². The number of hydrogen-bond donors (Lipinski definition) is 0. The molecule has 2 aromatic rings. The van der Waals surface area contributed by atoms with Crippen LogP contribution < -0.4 is 0 Å². The van der Waals surface area contributed by atoms with Gasteiger partial charge in [-0.2, -0.15) is 4.99 Å². The lowest BCUT2D eigenvalue weighted by Gasteiger charge is -2.10. The highest BCUT2D eigenvalue weighted by atomic mass is 32.1. The molecule has 0 saturated heterocycles. The lowest BCUT2D eigenvalue weighted by atomic mass is 9.98. The maximum Gasteiger partial charge on any atom is 0.150 e. The number of benzene rings is 2. The van der Waals surface area contributed by atoms with Crippen LogP contribution in [0, 0.1) is 12.7 Å². The molecule has 1 nitrogen and oxygen atoms in total. The van der Waals surface area contributed by atoms with Crippen molar-refractivity contribution in [3.05, 3.63) is 59.9 Å². The van der Waals surface area contributed by atoms with E-state index in [0.717, 1.165) is 22.3 Å². The highest BCUT2D eigenvalue weighted by Crippen LogP contribution is 2.33. The summed E-state index contributed by atoms with van der Waals surface area (Å²) in [5.74, 6) is -0.418. The molecule has 0 aliphatic rings. The molecule has 0 aromatic heterocycles. The predicted molar refractivity (Wildman–Crippen MR) is 86.0 cm³/mol. The smallest absolute Gasteiger partial charge is 0.150 e. The summed E-state index contributed by atoms with van der Waals surface area (Å²) in [6, 6.07) is 11.3. The Hall–Kier alpha value is -2.09. The molecule has 2 rings (SSSR count). The number of thiocarbonyl (C=S) groups is 1. The number of rotatable bonds is 3. The number of hydrogen-bond acceptors (Lipinski definition) is 2. The van der Waals surface area contributed by atoms with E-state index in [2.05, 4.69) is 29.0 Å². The van der Waals surface area contributed by atoms with Crippen LogP contribution in [0.15, 0.2) is 48.0 Å². The number of aliphatic imine (C=N–C) groups is 1. The maximum atomic E-state index is 14.2. The van der Waals surface area contributed by atoms with Crippen LogP contribution >= 0.6 is 12.2 Å². The van der Waals surface area contributed by atoms with E-state index < -0.39 is 5.82 Å². The first-order valence-corrected chi connectivity index (χ1v) is 6.58. The molecule has 0 N–H and O–H groups in total. The third-order valence-electron chi connectivity index (χ3n) is 3.07. The largest absolute Gasteiger partial charge is 0.205 e. The van der Waals surface area contributed by atoms with Gasteiger partial charge in [-0.05, 0) is 54.9 Å². The number of nitrogens with zero attached hydrogens (tertiary/aromatic N) is 1. The summed E-state index contributed by atoms with van der Waals surface area (Å²) in [6.45, 7) is 7.70. The highest BCUT2D eigenvalue weighted by molar-refractivity contribution is 7.78. The van der Waals surface area contributed by atoms with Crippen molar-refractivity contribution in [2.75, 3.05) is 0 Å². The Morgan fingerprint density at radius 3 is 2.40 bits per heavy atom. The molecule has 0 bridgehead atoms. The van der Waals surface area contributed by atoms with Crippen molar-refractivity contribution in [2.24, 2.45) is 4.99 Å². The lowest BCUT2D eigenvalue weighted by Crippen LogP contribution is -1.89. The van der Waals surface area contributed by atoms with Crippen LogP contribution in [0.5, 0.6) is 0 Å². The third kappa shape index (κ3) is 2.90. The molecular weight excluding hydrogens is 269 g/mol. The topological polar surface area (TPSA) is 12.4 Å². The van der Waals surface area contributed by atoms with Gasteiger partial charge in [-0.3, -0.25) is 0 Å². The minimum Gasteiger partial charge on any atom is -0.205 e. The Kier molecular flexibility index (Phi) is 4.23. The van der Waals surface area contributed by atoms with Gasteiger partial charge in [0.05, 0.1) is 5.16 Å². The molecule has 0 fully saturated rings. The molecule has 0 radical (unpaired) electrons. The highest BCUT2D eigenvalue weighted by Gasteiger charge is 2.12. The maximum absolute atomic E-state index is 14.2. The SMILES string of the molecule is C=C(C)c1cc(-c2ccc(C)cc2)cc(F)c1N=C=S. The number of halogens is 1. The van der Waals surface area contributed by atoms with E-state index in [1.165, 1.54) is 6.07 Å². The second kappa shape index (κ2) is 5.91. The molecule has 0 atom stereocenters. The van der Waals surface area contributed by atoms with Gasteiger partial charge < -0.3 is 0 Å². The van der Waals surface area contributed by atoms with Crippen molar-refractivity contribution in [1.29, 1.82) is 0 Å². The van der Waals surface area contributed by atoms with Crippen molar-refractivity contribution < 1.29 is 4.39 Å². The zero-order chi connectivity index (χ0) is 14.7. The summed E-state index contributed by atoms with van der Waals surface area (Å²) in [5.41, 5.74) is 4.50. The Labute approximate surface area is 123 Å². The summed E-state index contributed by atoms with van der Waals surface area (Å²) in [4.78, 5) is 3.81. The summed E-state index contributed by atoms with van der Waals surface area (Å²) in [7, 11) is 0. The fraction of sp³-hybridized carbons (Fsp3) is 0.118. The van der Waals surface area contributed by atoms with Gasteiger partial charge in [0.15, 0.2) is 5.82 Å². The molecule has 0 aliphatic carbocycles. The number of allylic oxidation sites excluding steroid dienone is 1. The minimum absolute atomic E-state index is 0.198. The molecule has 0 heterocycles. The zero-order valence-electron chi connectivity index (χ0n) is 11.4. The fourth-order valence-electron chi connectivity index (χ4n) is 2.00. The summed E-state index contributed by atoms with van der Waals surface area (Å²) >= 11 is 4.57. The van der Waals surface area contributed by atoms with Crippen molar-refractivity contribution in [1.82, 2.24) is 0 Å². The molecule has 0 saturated carbocycles. The second-order valence-corrected chi connectivity index (χ2v) is 4.89. The van der Waals surface area contributed by atoms with Crippen molar-refractivity contribution in [2.45, 2.75) is 13.8 Å². The predicted octanol–water partition coefficient (Wildman–Crippen LogP) is 5.57. The average molecular weight is 283 g/mol. The van der Waals surface area contributed by atoms with Crippen molar-refractivity contribution in [3.63, 3.8) is 0 Å². The molecule has 20 heavy (non-hydrogen) atoms. The zero-order valence-corrected chi connectivity index (χ0v) is 12.2. The van der Waals surface area contributed by atoms with E-state index in [4.69, 9.17) is 0 Å². The van der Waals surface area contributed by atoms with Gasteiger partial charge in [-0.1, -0.05) is 36.4 Å². The van der Waals surface area contributed by atoms with Crippen molar-refractivity contribution in [3.8, 4) is 11.1 Å². The van der Waals surface area contributed by atoms with Gasteiger partial charge >= 0.3 is 0 Å². The normalized spacial score (nSPS) is 9.95. The first-order chi connectivity index (χ1) is 9.52. The van der Waals surface area contributed by atoms with E-state index in [0.29, 0.717) is 5.56 Å². The van der Waals surface area contributed by atoms with Crippen LogP contribution in [0.3, 0.4) is 0 Å². The van der Waals surface area contributed by atoms with Gasteiger partial charge in [-0.15, -0.1) is 0 Å². The first kappa shape index (κ1) is 14.3. The monoisotopic (exact) mass is 283 g/mol. The molecule has 3 heteroatoms. The van der Waals surface area contributed by atoms with E-state index in [-0.39, 0.29) is 5.69 Å². The van der Waals surface area contributed by atoms with Crippen LogP contribution in [-0.4, -0.2) is 5.16 Å². The minimum atomic E-state index is -0.418. The van der Waals surface area contributed by atoms with Crippen molar-refractivity contribution >= 4 is 28.6 Å². The third-order valence-corrected chi connectivity index (χ3v) is 3.16. The molecular formula is C17H14FNS. The molecule has 2 aromatic carbocycles. The second-order valence-electron chi connectivity index (χ2n) is 4.70. The summed E-state index contributed by atoms with van der Waals surface area (Å²) in [5, 5.41) is 2.21. The molecule has 0 amide bonds. The van der Waals surface area contributed by atoms with Gasteiger partial charge in [0.25, 0.3) is 0 Å². The van der Waals surface area contributed by atoms with Crippen LogP contribution in [0.1, 0.15) is 18.1 Å². The van der Waals surface area contributed by atoms with E-state index in [1.807, 2.05) is 44.2 Å². The van der Waals surface area contributed by atoms with Gasteiger partial charge in [0, 0.05) is 5.56 Å². The number of aryl methyl sites for hydroxylation is 1. The van der Waals surface area contributed by atoms with E-state index in [9.17, 15) is 4.39 Å². The van der Waals surface area contributed by atoms with Gasteiger partial charge in [-0.25, -0.2) is 4.39 Å². The fourth-order valence-corrected chi connectivity index (χ4v) is 2.09. The summed E-state index contributed by atoms with van der Waals surface area (Å²) in [6.07, 6.45) is 0. The molecule has 0 spiro atoms. The Bertz CT molecular complexity index is 711. The van der Waals surface area contributed by atoms with Gasteiger partial charge in [0.2, 0.25) is 0 Å². The van der Waals surface area contributed by atoms with E-state index >= 15 is 0 Å². The van der Waals surface area contributed by atoms with E-state index in [1.54, 1.807) is 0 Å². The molecule has 0 aliphatic heterocycles. The van der Waals surface area contributed by atoms with Gasteiger partial charge in [0.1, 0.15) is 5.69 Å². The first-order valence-electron chi connectivity index (χ1n) is 6.17. The van der Waals surface area contributed by atoms with Crippen LogP contribution in [-0.2, 0) is 0 Å². The number of isothiocyanates is 1. The van der Waals surface area contributed by atoms with Crippen LogP contribution in [0.25, 0.3) is 16.7 Å². The Morgan fingerprint density at radius 1 is 1.20 bits per heavy atom. The lowest BCUT2D eigenvalue weighted by molar-refractivity contribution is 0.630. The summed E-state index contributed by atoms with van der Waals surface area (Å²) < 4.78 is 14.2. The average Bonchev–Trinajstić information content (AvgIpc) is 2.41. The molecule has 0 unspecified atom stereocenters. The Balaban J connectivity index is 2.65. The van der Waals surface area contributed by atoms with Crippen LogP contribution in [0.4, 0.5) is 10.1 Å². The molecule has 100 valence electrons. The Morgan fingerprint density at radius 2 is 1.85 bits per heavy atom.